The topological polar surface area (TPSA) is 68.3 Å². The van der Waals surface area contributed by atoms with Crippen LogP contribution in [0.1, 0.15) is 11.1 Å². The highest BCUT2D eigenvalue weighted by Gasteiger charge is 2.21. The van der Waals surface area contributed by atoms with Gasteiger partial charge in [-0.05, 0) is 49.2 Å². The minimum atomic E-state index is -3.99. The zero-order valence-corrected chi connectivity index (χ0v) is 17.9. The number of nitrogens with zero attached hydrogens (tertiary/aromatic N) is 1. The molecule has 1 aromatic heterocycles. The molecule has 0 saturated carbocycles. The maximum Gasteiger partial charge on any atom is 0.263 e. The van der Waals surface area contributed by atoms with Gasteiger partial charge in [-0.15, -0.1) is 0 Å². The predicted octanol–water partition coefficient (Wildman–Crippen LogP) is 6.25. The zero-order valence-electron chi connectivity index (χ0n) is 14.8. The first-order chi connectivity index (χ1) is 13.2. The molecule has 3 aromatic rings. The number of ether oxygens (including phenoxy) is 1. The van der Waals surface area contributed by atoms with Gasteiger partial charge in [-0.1, -0.05) is 40.9 Å². The molecule has 0 aliphatic carbocycles. The van der Waals surface area contributed by atoms with Crippen LogP contribution in [0, 0.1) is 13.8 Å². The van der Waals surface area contributed by atoms with E-state index >= 15 is 0 Å². The van der Waals surface area contributed by atoms with Crippen LogP contribution in [0.4, 0.5) is 5.69 Å². The Balaban J connectivity index is 2.00. The SMILES string of the molecule is Cc1ccc(Oc2cncc(Cl)c2)c(NS(=O)(=O)c2cc(C)c(Cl)cc2Cl)c1. The summed E-state index contributed by atoms with van der Waals surface area (Å²) in [7, 11) is -3.99. The van der Waals surface area contributed by atoms with Crippen LogP contribution in [0.15, 0.2) is 53.7 Å². The molecule has 0 aliphatic rings. The van der Waals surface area contributed by atoms with Gasteiger partial charge in [-0.3, -0.25) is 9.71 Å². The Labute approximate surface area is 178 Å². The first-order valence-electron chi connectivity index (χ1n) is 8.03. The summed E-state index contributed by atoms with van der Waals surface area (Å²) in [4.78, 5) is 3.88. The van der Waals surface area contributed by atoms with Gasteiger partial charge >= 0.3 is 0 Å². The summed E-state index contributed by atoms with van der Waals surface area (Å²) in [5.41, 5.74) is 1.69. The summed E-state index contributed by atoms with van der Waals surface area (Å²) in [5, 5.41) is 0.810. The van der Waals surface area contributed by atoms with Crippen LogP contribution >= 0.6 is 34.8 Å². The summed E-state index contributed by atoms with van der Waals surface area (Å²) < 4.78 is 34.2. The maximum atomic E-state index is 12.9. The second-order valence-corrected chi connectivity index (χ2v) is 8.98. The van der Waals surface area contributed by atoms with Crippen molar-refractivity contribution in [3.63, 3.8) is 0 Å². The standard InChI is InChI=1S/C19H15Cl3N2O3S/c1-11-3-4-18(27-14-7-13(20)9-23-10-14)17(5-11)24-28(25,26)19-6-12(2)15(21)8-16(19)22/h3-10,24H,1-2H3. The molecule has 1 heterocycles. The van der Waals surface area contributed by atoms with Crippen LogP contribution in [0.3, 0.4) is 0 Å². The molecule has 0 radical (unpaired) electrons. The highest BCUT2D eigenvalue weighted by Crippen LogP contribution is 2.34. The Kier molecular flexibility index (Phi) is 6.05. The van der Waals surface area contributed by atoms with Crippen LogP contribution in [0.25, 0.3) is 0 Å². The number of hydrogen-bond donors (Lipinski definition) is 1. The van der Waals surface area contributed by atoms with Crippen LogP contribution in [0.2, 0.25) is 15.1 Å². The number of sulfonamides is 1. The van der Waals surface area contributed by atoms with E-state index in [1.54, 1.807) is 31.2 Å². The average molecular weight is 458 g/mol. The van der Waals surface area contributed by atoms with Gasteiger partial charge in [0, 0.05) is 17.3 Å². The average Bonchev–Trinajstić information content (AvgIpc) is 2.60. The van der Waals surface area contributed by atoms with Crippen molar-refractivity contribution in [1.29, 1.82) is 0 Å². The minimum Gasteiger partial charge on any atom is -0.453 e. The number of aromatic nitrogens is 1. The normalized spacial score (nSPS) is 11.3. The third kappa shape index (κ3) is 4.70. The van der Waals surface area contributed by atoms with Crippen molar-refractivity contribution in [2.24, 2.45) is 0 Å². The van der Waals surface area contributed by atoms with Crippen molar-refractivity contribution >= 4 is 50.5 Å². The third-order valence-electron chi connectivity index (χ3n) is 3.79. The highest BCUT2D eigenvalue weighted by molar-refractivity contribution is 7.92. The Morgan fingerprint density at radius 2 is 1.71 bits per heavy atom. The summed E-state index contributed by atoms with van der Waals surface area (Å²) >= 11 is 18.0. The van der Waals surface area contributed by atoms with E-state index in [-0.39, 0.29) is 15.6 Å². The molecule has 5 nitrogen and oxygen atoms in total. The largest absolute Gasteiger partial charge is 0.453 e. The van der Waals surface area contributed by atoms with Crippen LogP contribution < -0.4 is 9.46 Å². The van der Waals surface area contributed by atoms with Gasteiger partial charge < -0.3 is 4.74 Å². The molecule has 0 saturated heterocycles. The fourth-order valence-corrected chi connectivity index (χ4v) is 4.48. The van der Waals surface area contributed by atoms with Gasteiger partial charge in [0.15, 0.2) is 5.75 Å². The molecule has 0 fully saturated rings. The van der Waals surface area contributed by atoms with E-state index in [0.717, 1.165) is 5.56 Å². The minimum absolute atomic E-state index is 0.0252. The zero-order chi connectivity index (χ0) is 20.5. The molecule has 0 unspecified atom stereocenters. The number of nitrogens with one attached hydrogen (secondary N) is 1. The maximum absolute atomic E-state index is 12.9. The Morgan fingerprint density at radius 3 is 2.43 bits per heavy atom. The number of pyridine rings is 1. The van der Waals surface area contributed by atoms with E-state index in [4.69, 9.17) is 39.5 Å². The molecule has 28 heavy (non-hydrogen) atoms. The van der Waals surface area contributed by atoms with Gasteiger partial charge in [-0.25, -0.2) is 8.42 Å². The van der Waals surface area contributed by atoms with E-state index in [1.165, 1.54) is 24.5 Å². The van der Waals surface area contributed by atoms with Crippen molar-refractivity contribution in [2.75, 3.05) is 4.72 Å². The van der Waals surface area contributed by atoms with Crippen molar-refractivity contribution in [3.8, 4) is 11.5 Å². The van der Waals surface area contributed by atoms with Gasteiger partial charge in [0.25, 0.3) is 10.0 Å². The number of aryl methyl sites for hydroxylation is 2. The van der Waals surface area contributed by atoms with E-state index < -0.39 is 10.0 Å². The van der Waals surface area contributed by atoms with Crippen LogP contribution in [0.5, 0.6) is 11.5 Å². The molecule has 146 valence electrons. The molecule has 0 amide bonds. The van der Waals surface area contributed by atoms with E-state index in [1.807, 2.05) is 6.92 Å². The summed E-state index contributed by atoms with van der Waals surface area (Å²) in [6.45, 7) is 3.53. The van der Waals surface area contributed by atoms with Gasteiger partial charge in [0.1, 0.15) is 10.6 Å². The fraction of sp³-hybridized carbons (Fsp3) is 0.105. The van der Waals surface area contributed by atoms with E-state index in [9.17, 15) is 8.42 Å². The lowest BCUT2D eigenvalue weighted by Gasteiger charge is -2.15. The van der Waals surface area contributed by atoms with Crippen LogP contribution in [-0.4, -0.2) is 13.4 Å². The number of hydrogen-bond acceptors (Lipinski definition) is 4. The van der Waals surface area contributed by atoms with Gasteiger partial charge in [0.2, 0.25) is 0 Å². The highest BCUT2D eigenvalue weighted by atomic mass is 35.5. The van der Waals surface area contributed by atoms with Crippen molar-refractivity contribution in [3.05, 3.63) is 75.0 Å². The summed E-state index contributed by atoms with van der Waals surface area (Å²) in [5.74, 6) is 0.664. The first kappa shape index (κ1) is 20.7. The molecule has 0 bridgehead atoms. The molecule has 9 heteroatoms. The Morgan fingerprint density at radius 1 is 0.964 bits per heavy atom. The third-order valence-corrected chi connectivity index (χ3v) is 6.23. The van der Waals surface area contributed by atoms with Crippen molar-refractivity contribution in [2.45, 2.75) is 18.7 Å². The molecule has 0 aliphatic heterocycles. The molecule has 0 atom stereocenters. The summed E-state index contributed by atoms with van der Waals surface area (Å²) in [6.07, 6.45) is 2.95. The molecule has 3 rings (SSSR count). The molecular weight excluding hydrogens is 443 g/mol. The lowest BCUT2D eigenvalue weighted by atomic mass is 10.2. The fourth-order valence-electron chi connectivity index (χ4n) is 2.42. The van der Waals surface area contributed by atoms with E-state index in [2.05, 4.69) is 9.71 Å². The van der Waals surface area contributed by atoms with Crippen molar-refractivity contribution in [1.82, 2.24) is 4.98 Å². The monoisotopic (exact) mass is 456 g/mol. The molecule has 0 spiro atoms. The quantitative estimate of drug-likeness (QED) is 0.491. The molecule has 1 N–H and O–H groups in total. The number of halogens is 3. The van der Waals surface area contributed by atoms with Gasteiger partial charge in [-0.2, -0.15) is 0 Å². The lowest BCUT2D eigenvalue weighted by molar-refractivity contribution is 0.482. The predicted molar refractivity (Wildman–Crippen MR) is 113 cm³/mol. The molecular formula is C19H15Cl3N2O3S. The van der Waals surface area contributed by atoms with Crippen molar-refractivity contribution < 1.29 is 13.2 Å². The number of rotatable bonds is 5. The second-order valence-electron chi connectivity index (χ2n) is 6.08. The van der Waals surface area contributed by atoms with Crippen LogP contribution in [-0.2, 0) is 10.0 Å². The van der Waals surface area contributed by atoms with E-state index in [0.29, 0.717) is 27.1 Å². The smallest absolute Gasteiger partial charge is 0.263 e. The number of benzene rings is 2. The Bertz CT molecular complexity index is 1150. The van der Waals surface area contributed by atoms with Gasteiger partial charge in [0.05, 0.1) is 21.9 Å². The summed E-state index contributed by atoms with van der Waals surface area (Å²) in [6, 6.07) is 9.50. The number of anilines is 1. The Hall–Kier alpha value is -1.99. The first-order valence-corrected chi connectivity index (χ1v) is 10.6. The second kappa shape index (κ2) is 8.17. The lowest BCUT2D eigenvalue weighted by Crippen LogP contribution is -2.14. The molecule has 2 aromatic carbocycles.